The van der Waals surface area contributed by atoms with Crippen LogP contribution in [-0.4, -0.2) is 11.2 Å². The second-order valence-electron chi connectivity index (χ2n) is 1.63. The Balaban J connectivity index is 3.07. The second kappa shape index (κ2) is 3.46. The third-order valence-electron chi connectivity index (χ3n) is 1.00. The first kappa shape index (κ1) is 8.18. The van der Waals surface area contributed by atoms with E-state index in [1.807, 2.05) is 12.3 Å². The molecular weight excluding hydrogens is 189 g/mol. The first-order chi connectivity index (χ1) is 4.74. The highest BCUT2D eigenvalue weighted by atomic mass is 35.5. The van der Waals surface area contributed by atoms with Crippen LogP contribution in [0, 0.1) is 0 Å². The Labute approximate surface area is 73.7 Å². The van der Waals surface area contributed by atoms with Crippen LogP contribution in [0.25, 0.3) is 0 Å². The van der Waals surface area contributed by atoms with Gasteiger partial charge in [0.15, 0.2) is 0 Å². The predicted molar refractivity (Wildman–Crippen MR) is 46.0 cm³/mol. The lowest BCUT2D eigenvalue weighted by atomic mass is 10.5. The molecule has 0 aliphatic heterocycles. The van der Waals surface area contributed by atoms with Crippen LogP contribution in [0.4, 0.5) is 0 Å². The van der Waals surface area contributed by atoms with Gasteiger partial charge < -0.3 is 0 Å². The molecule has 0 unspecified atom stereocenters. The number of halogens is 2. The van der Waals surface area contributed by atoms with Crippen molar-refractivity contribution in [3.8, 4) is 0 Å². The van der Waals surface area contributed by atoms with Crippen molar-refractivity contribution in [1.29, 1.82) is 0 Å². The molecule has 0 amide bonds. The maximum atomic E-state index is 5.71. The van der Waals surface area contributed by atoms with E-state index in [0.717, 1.165) is 4.90 Å². The van der Waals surface area contributed by atoms with Crippen molar-refractivity contribution in [3.05, 3.63) is 22.4 Å². The van der Waals surface area contributed by atoms with E-state index in [9.17, 15) is 0 Å². The highest BCUT2D eigenvalue weighted by Crippen LogP contribution is 2.24. The lowest BCUT2D eigenvalue weighted by Crippen LogP contribution is -1.78. The quantitative estimate of drug-likeness (QED) is 0.503. The normalized spacial score (nSPS) is 9.90. The molecule has 0 saturated carbocycles. The van der Waals surface area contributed by atoms with Gasteiger partial charge in [-0.2, -0.15) is 0 Å². The van der Waals surface area contributed by atoms with Gasteiger partial charge in [0.1, 0.15) is 10.3 Å². The molecule has 0 spiro atoms. The number of aromatic nitrogens is 1. The topological polar surface area (TPSA) is 12.9 Å². The van der Waals surface area contributed by atoms with Crippen molar-refractivity contribution in [3.63, 3.8) is 0 Å². The fourth-order valence-electron chi connectivity index (χ4n) is 0.552. The molecule has 1 heterocycles. The summed E-state index contributed by atoms with van der Waals surface area (Å²) in [6.45, 7) is 0. The summed E-state index contributed by atoms with van der Waals surface area (Å²) in [6.07, 6.45) is 1.94. The summed E-state index contributed by atoms with van der Waals surface area (Å²) in [5, 5.41) is 0.905. The molecule has 0 aromatic carbocycles. The van der Waals surface area contributed by atoms with E-state index >= 15 is 0 Å². The van der Waals surface area contributed by atoms with E-state index in [1.165, 1.54) is 0 Å². The Morgan fingerprint density at radius 3 is 2.60 bits per heavy atom. The van der Waals surface area contributed by atoms with Crippen LogP contribution >= 0.6 is 35.0 Å². The van der Waals surface area contributed by atoms with Crippen molar-refractivity contribution in [1.82, 2.24) is 4.98 Å². The monoisotopic (exact) mass is 193 g/mol. The minimum atomic E-state index is 0.433. The van der Waals surface area contributed by atoms with E-state index < -0.39 is 0 Å². The molecular formula is C6H5Cl2NS. The summed E-state index contributed by atoms with van der Waals surface area (Å²) >= 11 is 12.8. The molecule has 0 radical (unpaired) electrons. The molecule has 0 aliphatic carbocycles. The van der Waals surface area contributed by atoms with Crippen LogP contribution < -0.4 is 0 Å². The van der Waals surface area contributed by atoms with Crippen LogP contribution in [0.2, 0.25) is 10.3 Å². The Hall–Kier alpha value is 0.0800. The molecule has 4 heteroatoms. The summed E-state index contributed by atoms with van der Waals surface area (Å²) in [5.74, 6) is 0. The smallest absolute Gasteiger partial charge is 0.144 e. The minimum Gasteiger partial charge on any atom is -0.223 e. The van der Waals surface area contributed by atoms with E-state index in [2.05, 4.69) is 4.98 Å². The van der Waals surface area contributed by atoms with E-state index in [-0.39, 0.29) is 0 Å². The first-order valence-electron chi connectivity index (χ1n) is 2.60. The summed E-state index contributed by atoms with van der Waals surface area (Å²) in [4.78, 5) is 4.80. The number of rotatable bonds is 1. The molecule has 0 N–H and O–H groups in total. The molecule has 1 nitrogen and oxygen atoms in total. The summed E-state index contributed by atoms with van der Waals surface area (Å²) < 4.78 is 0. The molecule has 1 aromatic heterocycles. The number of thioether (sulfide) groups is 1. The van der Waals surface area contributed by atoms with Gasteiger partial charge in [0, 0.05) is 4.90 Å². The second-order valence-corrected chi connectivity index (χ2v) is 3.22. The third kappa shape index (κ3) is 1.78. The molecule has 0 atom stereocenters. The highest BCUT2D eigenvalue weighted by Gasteiger charge is 1.99. The van der Waals surface area contributed by atoms with Crippen LogP contribution in [0.3, 0.4) is 0 Å². The number of hydrogen-bond acceptors (Lipinski definition) is 2. The maximum Gasteiger partial charge on any atom is 0.144 e. The zero-order chi connectivity index (χ0) is 7.56. The maximum absolute atomic E-state index is 5.71. The molecule has 1 aromatic rings. The van der Waals surface area contributed by atoms with Crippen LogP contribution in [0.15, 0.2) is 17.0 Å². The van der Waals surface area contributed by atoms with Crippen molar-refractivity contribution >= 4 is 35.0 Å². The Morgan fingerprint density at radius 1 is 1.40 bits per heavy atom. The average molecular weight is 194 g/mol. The third-order valence-corrected chi connectivity index (χ3v) is 2.38. The molecule has 0 saturated heterocycles. The van der Waals surface area contributed by atoms with Gasteiger partial charge in [-0.25, -0.2) is 4.98 Å². The molecule has 54 valence electrons. The standard InChI is InChI=1S/C6H5Cl2NS/c1-10-4-2-3-5(7)9-6(4)8/h2-3H,1H3. The zero-order valence-electron chi connectivity index (χ0n) is 5.27. The fourth-order valence-corrected chi connectivity index (χ4v) is 1.55. The van der Waals surface area contributed by atoms with Gasteiger partial charge >= 0.3 is 0 Å². The van der Waals surface area contributed by atoms with Gasteiger partial charge in [-0.1, -0.05) is 23.2 Å². The Morgan fingerprint density at radius 2 is 2.10 bits per heavy atom. The summed E-state index contributed by atoms with van der Waals surface area (Å²) in [6, 6.07) is 3.57. The van der Waals surface area contributed by atoms with Gasteiger partial charge in [0.05, 0.1) is 0 Å². The van der Waals surface area contributed by atoms with Crippen LogP contribution in [0.1, 0.15) is 0 Å². The molecule has 0 fully saturated rings. The Bertz CT molecular complexity index is 239. The van der Waals surface area contributed by atoms with Gasteiger partial charge in [-0.05, 0) is 18.4 Å². The number of nitrogens with zero attached hydrogens (tertiary/aromatic N) is 1. The fraction of sp³-hybridized carbons (Fsp3) is 0.167. The van der Waals surface area contributed by atoms with E-state index in [4.69, 9.17) is 23.2 Å². The van der Waals surface area contributed by atoms with Crippen molar-refractivity contribution in [2.75, 3.05) is 6.26 Å². The first-order valence-corrected chi connectivity index (χ1v) is 4.58. The molecule has 0 aliphatic rings. The van der Waals surface area contributed by atoms with Crippen molar-refractivity contribution < 1.29 is 0 Å². The predicted octanol–water partition coefficient (Wildman–Crippen LogP) is 3.11. The van der Waals surface area contributed by atoms with E-state index in [0.29, 0.717) is 10.3 Å². The van der Waals surface area contributed by atoms with Crippen molar-refractivity contribution in [2.24, 2.45) is 0 Å². The largest absolute Gasteiger partial charge is 0.223 e. The van der Waals surface area contributed by atoms with Gasteiger partial charge in [0.25, 0.3) is 0 Å². The molecule has 1 rings (SSSR count). The van der Waals surface area contributed by atoms with Crippen LogP contribution in [0.5, 0.6) is 0 Å². The summed E-state index contributed by atoms with van der Waals surface area (Å²) in [7, 11) is 0. The SMILES string of the molecule is CSc1ccc(Cl)nc1Cl. The number of hydrogen-bond donors (Lipinski definition) is 0. The highest BCUT2D eigenvalue weighted by molar-refractivity contribution is 7.98. The lowest BCUT2D eigenvalue weighted by molar-refractivity contribution is 1.24. The van der Waals surface area contributed by atoms with Gasteiger partial charge in [0.2, 0.25) is 0 Å². The van der Waals surface area contributed by atoms with Crippen molar-refractivity contribution in [2.45, 2.75) is 4.90 Å². The molecule has 0 bridgehead atoms. The van der Waals surface area contributed by atoms with E-state index in [1.54, 1.807) is 17.8 Å². The summed E-state index contributed by atoms with van der Waals surface area (Å²) in [5.41, 5.74) is 0. The zero-order valence-corrected chi connectivity index (χ0v) is 7.59. The van der Waals surface area contributed by atoms with Gasteiger partial charge in [-0.3, -0.25) is 0 Å². The lowest BCUT2D eigenvalue weighted by Gasteiger charge is -1.97. The number of pyridine rings is 1. The van der Waals surface area contributed by atoms with Gasteiger partial charge in [-0.15, -0.1) is 11.8 Å². The average Bonchev–Trinajstić information content (AvgIpc) is 1.88. The van der Waals surface area contributed by atoms with Crippen LogP contribution in [-0.2, 0) is 0 Å². The molecule has 10 heavy (non-hydrogen) atoms. The Kier molecular flexibility index (Phi) is 2.83. The minimum absolute atomic E-state index is 0.433.